The minimum absolute atomic E-state index is 0.0226. The largest absolute Gasteiger partial charge is 0.373 e. The topological polar surface area (TPSA) is 12.5 Å². The van der Waals surface area contributed by atoms with Crippen LogP contribution in [0.1, 0.15) is 53.4 Å². The molecule has 1 aliphatic heterocycles. The van der Waals surface area contributed by atoms with Crippen LogP contribution in [0.2, 0.25) is 0 Å². The van der Waals surface area contributed by atoms with E-state index in [4.69, 9.17) is 4.74 Å². The Balaban J connectivity index is 2.64. The molecule has 1 aliphatic rings. The highest BCUT2D eigenvalue weighted by Crippen LogP contribution is 2.34. The number of nitrogens with zero attached hydrogens (tertiary/aromatic N) is 1. The predicted octanol–water partition coefficient (Wildman–Crippen LogP) is 4.08. The van der Waals surface area contributed by atoms with Crippen LogP contribution >= 0.6 is 15.9 Å². The van der Waals surface area contributed by atoms with E-state index in [1.807, 2.05) is 0 Å². The summed E-state index contributed by atoms with van der Waals surface area (Å²) in [5, 5.41) is 1.12. The van der Waals surface area contributed by atoms with Crippen molar-refractivity contribution in [2.24, 2.45) is 5.41 Å². The third-order valence-corrected chi connectivity index (χ3v) is 5.10. The van der Waals surface area contributed by atoms with Crippen molar-refractivity contribution in [3.8, 4) is 0 Å². The molecule has 0 radical (unpaired) electrons. The van der Waals surface area contributed by atoms with Gasteiger partial charge in [0.2, 0.25) is 0 Å². The summed E-state index contributed by atoms with van der Waals surface area (Å²) in [4.78, 5) is 2.61. The Kier molecular flexibility index (Phi) is 6.63. The van der Waals surface area contributed by atoms with Gasteiger partial charge in [0.15, 0.2) is 0 Å². The number of morpholine rings is 1. The summed E-state index contributed by atoms with van der Waals surface area (Å²) >= 11 is 3.77. The van der Waals surface area contributed by atoms with E-state index >= 15 is 0 Å². The van der Waals surface area contributed by atoms with Crippen LogP contribution in [0.15, 0.2) is 0 Å². The SMILES string of the molecule is CCCC(CBr)(CCC)CN1CCOC(C)(C)C1. The first kappa shape index (κ1) is 16.5. The highest BCUT2D eigenvalue weighted by atomic mass is 79.9. The van der Waals surface area contributed by atoms with Gasteiger partial charge in [-0.1, -0.05) is 42.6 Å². The lowest BCUT2D eigenvalue weighted by molar-refractivity contribution is -0.0940. The first-order chi connectivity index (χ1) is 8.47. The fourth-order valence-corrected chi connectivity index (χ4v) is 3.98. The lowest BCUT2D eigenvalue weighted by Gasteiger charge is -2.43. The molecule has 1 saturated heterocycles. The molecule has 0 N–H and O–H groups in total. The monoisotopic (exact) mass is 319 g/mol. The first-order valence-electron chi connectivity index (χ1n) is 7.39. The van der Waals surface area contributed by atoms with Gasteiger partial charge < -0.3 is 4.74 Å². The van der Waals surface area contributed by atoms with Gasteiger partial charge in [-0.05, 0) is 32.1 Å². The molecular weight excluding hydrogens is 290 g/mol. The Bertz CT molecular complexity index is 237. The van der Waals surface area contributed by atoms with E-state index in [2.05, 4.69) is 48.5 Å². The Labute approximate surface area is 122 Å². The highest BCUT2D eigenvalue weighted by molar-refractivity contribution is 9.09. The third kappa shape index (κ3) is 4.82. The highest BCUT2D eigenvalue weighted by Gasteiger charge is 2.34. The summed E-state index contributed by atoms with van der Waals surface area (Å²) in [5.74, 6) is 0. The molecule has 3 heteroatoms. The average molecular weight is 320 g/mol. The van der Waals surface area contributed by atoms with Crippen molar-refractivity contribution in [1.82, 2.24) is 4.90 Å². The standard InChI is InChI=1S/C15H30BrNO/c1-5-7-15(11-16,8-6-2)13-17-9-10-18-14(3,4)12-17/h5-13H2,1-4H3. The second kappa shape index (κ2) is 7.25. The summed E-state index contributed by atoms with van der Waals surface area (Å²) in [6, 6.07) is 0. The summed E-state index contributed by atoms with van der Waals surface area (Å²) in [7, 11) is 0. The third-order valence-electron chi connectivity index (χ3n) is 3.91. The summed E-state index contributed by atoms with van der Waals surface area (Å²) < 4.78 is 5.81. The average Bonchev–Trinajstić information content (AvgIpc) is 2.28. The molecule has 1 fully saturated rings. The molecule has 18 heavy (non-hydrogen) atoms. The van der Waals surface area contributed by atoms with Crippen LogP contribution in [0.3, 0.4) is 0 Å². The fourth-order valence-electron chi connectivity index (χ4n) is 3.24. The molecule has 1 rings (SSSR count). The van der Waals surface area contributed by atoms with Gasteiger partial charge in [-0.2, -0.15) is 0 Å². The number of halogens is 1. The second-order valence-electron chi connectivity index (χ2n) is 6.45. The van der Waals surface area contributed by atoms with Gasteiger partial charge in [0.1, 0.15) is 0 Å². The predicted molar refractivity (Wildman–Crippen MR) is 82.5 cm³/mol. The Morgan fingerprint density at radius 1 is 1.22 bits per heavy atom. The molecule has 0 atom stereocenters. The molecule has 0 aromatic heterocycles. The molecule has 0 spiro atoms. The van der Waals surface area contributed by atoms with Crippen molar-refractivity contribution in [1.29, 1.82) is 0 Å². The Hall–Kier alpha value is 0.400. The molecule has 108 valence electrons. The molecule has 0 aromatic rings. The molecule has 0 unspecified atom stereocenters. The maximum atomic E-state index is 5.81. The van der Waals surface area contributed by atoms with Crippen molar-refractivity contribution in [2.75, 3.05) is 31.6 Å². The molecular formula is C15H30BrNO. The number of hydrogen-bond donors (Lipinski definition) is 0. The zero-order chi connectivity index (χ0) is 13.6. The minimum atomic E-state index is 0.0226. The smallest absolute Gasteiger partial charge is 0.0753 e. The lowest BCUT2D eigenvalue weighted by Crippen LogP contribution is -2.52. The van der Waals surface area contributed by atoms with Crippen LogP contribution in [0.5, 0.6) is 0 Å². The first-order valence-corrected chi connectivity index (χ1v) is 8.51. The van der Waals surface area contributed by atoms with Crippen molar-refractivity contribution >= 4 is 15.9 Å². The number of rotatable bonds is 7. The molecule has 0 aromatic carbocycles. The van der Waals surface area contributed by atoms with E-state index < -0.39 is 0 Å². The molecule has 0 bridgehead atoms. The number of alkyl halides is 1. The zero-order valence-corrected chi connectivity index (χ0v) is 14.2. The summed E-state index contributed by atoms with van der Waals surface area (Å²) in [6.07, 6.45) is 5.20. The van der Waals surface area contributed by atoms with Crippen LogP contribution in [0.4, 0.5) is 0 Å². The maximum Gasteiger partial charge on any atom is 0.0753 e. The van der Waals surface area contributed by atoms with Crippen molar-refractivity contribution < 1.29 is 4.74 Å². The zero-order valence-electron chi connectivity index (χ0n) is 12.6. The van der Waals surface area contributed by atoms with Gasteiger partial charge in [-0.3, -0.25) is 4.90 Å². The number of hydrogen-bond acceptors (Lipinski definition) is 2. The lowest BCUT2D eigenvalue weighted by atomic mass is 9.80. The summed E-state index contributed by atoms with van der Waals surface area (Å²) in [5.41, 5.74) is 0.478. The normalized spacial score (nSPS) is 21.2. The van der Waals surface area contributed by atoms with E-state index in [1.54, 1.807) is 0 Å². The quantitative estimate of drug-likeness (QED) is 0.656. The molecule has 0 saturated carbocycles. The van der Waals surface area contributed by atoms with E-state index in [1.165, 1.54) is 32.2 Å². The van der Waals surface area contributed by atoms with E-state index in [9.17, 15) is 0 Å². The van der Waals surface area contributed by atoms with E-state index in [-0.39, 0.29) is 5.60 Å². The van der Waals surface area contributed by atoms with Crippen molar-refractivity contribution in [3.05, 3.63) is 0 Å². The Morgan fingerprint density at radius 3 is 2.28 bits per heavy atom. The van der Waals surface area contributed by atoms with Gasteiger partial charge in [-0.15, -0.1) is 0 Å². The van der Waals surface area contributed by atoms with Gasteiger partial charge in [0.25, 0.3) is 0 Å². The van der Waals surface area contributed by atoms with Crippen LogP contribution in [-0.4, -0.2) is 42.1 Å². The van der Waals surface area contributed by atoms with Gasteiger partial charge in [0.05, 0.1) is 12.2 Å². The van der Waals surface area contributed by atoms with Gasteiger partial charge >= 0.3 is 0 Å². The molecule has 2 nitrogen and oxygen atoms in total. The maximum absolute atomic E-state index is 5.81. The minimum Gasteiger partial charge on any atom is -0.373 e. The molecule has 0 aliphatic carbocycles. The number of ether oxygens (including phenoxy) is 1. The van der Waals surface area contributed by atoms with Gasteiger partial charge in [-0.25, -0.2) is 0 Å². The van der Waals surface area contributed by atoms with Crippen LogP contribution in [-0.2, 0) is 4.74 Å². The van der Waals surface area contributed by atoms with E-state index in [0.29, 0.717) is 5.41 Å². The van der Waals surface area contributed by atoms with Crippen LogP contribution in [0.25, 0.3) is 0 Å². The van der Waals surface area contributed by atoms with Crippen LogP contribution < -0.4 is 0 Å². The fraction of sp³-hybridized carbons (Fsp3) is 1.00. The Morgan fingerprint density at radius 2 is 1.83 bits per heavy atom. The molecule has 1 heterocycles. The second-order valence-corrected chi connectivity index (χ2v) is 7.01. The van der Waals surface area contributed by atoms with Crippen molar-refractivity contribution in [2.45, 2.75) is 59.0 Å². The van der Waals surface area contributed by atoms with E-state index in [0.717, 1.165) is 25.0 Å². The van der Waals surface area contributed by atoms with Gasteiger partial charge in [0, 0.05) is 25.0 Å². The molecule has 0 amide bonds. The van der Waals surface area contributed by atoms with Crippen molar-refractivity contribution in [3.63, 3.8) is 0 Å². The summed E-state index contributed by atoms with van der Waals surface area (Å²) in [6.45, 7) is 13.3. The van der Waals surface area contributed by atoms with Crippen LogP contribution in [0, 0.1) is 5.41 Å².